The van der Waals surface area contributed by atoms with E-state index >= 15 is 0 Å². The summed E-state index contributed by atoms with van der Waals surface area (Å²) < 4.78 is 0. The third-order valence-electron chi connectivity index (χ3n) is 4.10. The van der Waals surface area contributed by atoms with Crippen molar-refractivity contribution in [2.45, 2.75) is 40.0 Å². The van der Waals surface area contributed by atoms with Gasteiger partial charge in [-0.1, -0.05) is 20.8 Å². The van der Waals surface area contributed by atoms with Crippen molar-refractivity contribution < 1.29 is 4.79 Å². The van der Waals surface area contributed by atoms with Crippen molar-refractivity contribution in [3.8, 4) is 0 Å². The van der Waals surface area contributed by atoms with Crippen LogP contribution in [0.4, 0.5) is 5.13 Å². The second kappa shape index (κ2) is 5.35. The molecule has 2 aromatic rings. The van der Waals surface area contributed by atoms with Gasteiger partial charge < -0.3 is 0 Å². The number of carbonyl (C=O) groups excluding carboxylic acids is 1. The number of carbonyl (C=O) groups is 1. The first kappa shape index (κ1) is 15.0. The van der Waals surface area contributed by atoms with Crippen LogP contribution in [-0.4, -0.2) is 26.1 Å². The molecule has 0 aromatic carbocycles. The third-order valence-corrected chi connectivity index (χ3v) is 5.14. The number of aryl methyl sites for hydroxylation is 1. The van der Waals surface area contributed by atoms with E-state index in [1.54, 1.807) is 0 Å². The first-order valence-corrected chi connectivity index (χ1v) is 8.09. The molecule has 1 aliphatic carbocycles. The summed E-state index contributed by atoms with van der Waals surface area (Å²) in [5.74, 6) is 0.134. The summed E-state index contributed by atoms with van der Waals surface area (Å²) in [6.07, 6.45) is 3.08. The van der Waals surface area contributed by atoms with Crippen molar-refractivity contribution in [3.05, 3.63) is 26.9 Å². The molecule has 0 unspecified atom stereocenters. The van der Waals surface area contributed by atoms with E-state index in [4.69, 9.17) is 0 Å². The van der Waals surface area contributed by atoms with E-state index in [9.17, 15) is 9.59 Å². The molecule has 1 amide bonds. The number of H-pyrrole nitrogens is 2. The van der Waals surface area contributed by atoms with Gasteiger partial charge in [0.15, 0.2) is 5.13 Å². The molecule has 0 bridgehead atoms. The monoisotopic (exact) mass is 321 g/mol. The van der Waals surface area contributed by atoms with Crippen LogP contribution < -0.4 is 11.0 Å². The zero-order valence-electron chi connectivity index (χ0n) is 12.8. The van der Waals surface area contributed by atoms with Crippen LogP contribution in [-0.2, 0) is 12.8 Å². The van der Waals surface area contributed by atoms with E-state index in [2.05, 4.69) is 46.3 Å². The SMILES string of the molecule is CC(C)(C)[C@H]1CCc2nc(NC(=O)c3n[nH]c(=O)[nH]3)sc2C1. The number of fused-ring (bicyclic) bond motifs is 1. The topological polar surface area (TPSA) is 104 Å². The largest absolute Gasteiger partial charge is 0.341 e. The zero-order chi connectivity index (χ0) is 15.9. The average molecular weight is 321 g/mol. The molecule has 0 spiro atoms. The van der Waals surface area contributed by atoms with Gasteiger partial charge in [-0.2, -0.15) is 0 Å². The number of anilines is 1. The molecule has 2 heterocycles. The van der Waals surface area contributed by atoms with Gasteiger partial charge in [-0.15, -0.1) is 16.4 Å². The van der Waals surface area contributed by atoms with Crippen LogP contribution in [0.2, 0.25) is 0 Å². The van der Waals surface area contributed by atoms with E-state index in [0.29, 0.717) is 11.0 Å². The fourth-order valence-corrected chi connectivity index (χ4v) is 3.78. The number of hydrogen-bond donors (Lipinski definition) is 3. The van der Waals surface area contributed by atoms with E-state index in [1.807, 2.05) is 0 Å². The normalized spacial score (nSPS) is 18.0. The maximum atomic E-state index is 12.0. The summed E-state index contributed by atoms with van der Waals surface area (Å²) >= 11 is 1.51. The lowest BCUT2D eigenvalue weighted by Gasteiger charge is -2.33. The summed E-state index contributed by atoms with van der Waals surface area (Å²) in [4.78, 5) is 31.0. The van der Waals surface area contributed by atoms with Crippen molar-refractivity contribution in [2.24, 2.45) is 11.3 Å². The Hall–Kier alpha value is -1.96. The summed E-state index contributed by atoms with van der Waals surface area (Å²) in [7, 11) is 0. The number of nitrogens with zero attached hydrogens (tertiary/aromatic N) is 2. The molecular weight excluding hydrogens is 302 g/mol. The Balaban J connectivity index is 1.74. The predicted octanol–water partition coefficient (Wildman–Crippen LogP) is 1.96. The highest BCUT2D eigenvalue weighted by atomic mass is 32.1. The van der Waals surface area contributed by atoms with Crippen LogP contribution in [0.5, 0.6) is 0 Å². The van der Waals surface area contributed by atoms with Crippen LogP contribution in [0.25, 0.3) is 0 Å². The summed E-state index contributed by atoms with van der Waals surface area (Å²) in [6, 6.07) is 0. The minimum absolute atomic E-state index is 0.0364. The molecule has 3 N–H and O–H groups in total. The molecule has 8 heteroatoms. The Morgan fingerprint density at radius 2 is 2.18 bits per heavy atom. The van der Waals surface area contributed by atoms with Gasteiger partial charge >= 0.3 is 5.69 Å². The minimum Gasteiger partial charge on any atom is -0.295 e. The van der Waals surface area contributed by atoms with E-state index in [0.717, 1.165) is 25.0 Å². The molecule has 22 heavy (non-hydrogen) atoms. The van der Waals surface area contributed by atoms with Crippen LogP contribution in [0.15, 0.2) is 4.79 Å². The van der Waals surface area contributed by atoms with Gasteiger partial charge in [0.05, 0.1) is 5.69 Å². The highest BCUT2D eigenvalue weighted by Crippen LogP contribution is 2.40. The zero-order valence-corrected chi connectivity index (χ0v) is 13.6. The van der Waals surface area contributed by atoms with Crippen molar-refractivity contribution in [1.29, 1.82) is 0 Å². The molecule has 3 rings (SSSR count). The lowest BCUT2D eigenvalue weighted by molar-refractivity contribution is 0.101. The highest BCUT2D eigenvalue weighted by Gasteiger charge is 2.30. The van der Waals surface area contributed by atoms with Crippen molar-refractivity contribution in [3.63, 3.8) is 0 Å². The second-order valence-electron chi connectivity index (χ2n) is 6.68. The fraction of sp³-hybridized carbons (Fsp3) is 0.571. The number of thiazole rings is 1. The Kier molecular flexibility index (Phi) is 3.64. The lowest BCUT2D eigenvalue weighted by atomic mass is 9.73. The second-order valence-corrected chi connectivity index (χ2v) is 7.76. The van der Waals surface area contributed by atoms with Crippen LogP contribution in [0, 0.1) is 11.3 Å². The van der Waals surface area contributed by atoms with Crippen molar-refractivity contribution >= 4 is 22.4 Å². The van der Waals surface area contributed by atoms with Gasteiger partial charge in [0, 0.05) is 4.88 Å². The molecule has 7 nitrogen and oxygen atoms in total. The number of aromatic amines is 2. The first-order valence-electron chi connectivity index (χ1n) is 7.27. The fourth-order valence-electron chi connectivity index (χ4n) is 2.70. The standard InChI is InChI=1S/C14H19N5O2S/c1-14(2,3)7-4-5-8-9(6-7)22-13(15-8)17-11(20)10-16-12(21)19-18-10/h7H,4-6H2,1-3H3,(H,15,17,20)(H2,16,18,19,21)/t7-/m0/s1. The maximum absolute atomic E-state index is 12.0. The summed E-state index contributed by atoms with van der Waals surface area (Å²) in [5.41, 5.74) is 0.854. The molecule has 0 aliphatic heterocycles. The van der Waals surface area contributed by atoms with E-state index < -0.39 is 11.6 Å². The molecule has 1 atom stereocenters. The Morgan fingerprint density at radius 1 is 1.41 bits per heavy atom. The Morgan fingerprint density at radius 3 is 2.82 bits per heavy atom. The molecule has 0 fully saturated rings. The quantitative estimate of drug-likeness (QED) is 0.786. The van der Waals surface area contributed by atoms with Gasteiger partial charge in [-0.3, -0.25) is 15.1 Å². The summed E-state index contributed by atoms with van der Waals surface area (Å²) in [6.45, 7) is 6.79. The summed E-state index contributed by atoms with van der Waals surface area (Å²) in [5, 5.41) is 9.04. The van der Waals surface area contributed by atoms with Crippen LogP contribution in [0.1, 0.15) is 48.4 Å². The first-order chi connectivity index (χ1) is 10.3. The maximum Gasteiger partial charge on any atom is 0.341 e. The molecule has 0 radical (unpaired) electrons. The Labute approximate surface area is 131 Å². The van der Waals surface area contributed by atoms with Gasteiger partial charge in [0.2, 0.25) is 5.82 Å². The Bertz CT molecular complexity index is 752. The van der Waals surface area contributed by atoms with Gasteiger partial charge in [0.1, 0.15) is 0 Å². The van der Waals surface area contributed by atoms with Crippen LogP contribution in [0.3, 0.4) is 0 Å². The minimum atomic E-state index is -0.503. The predicted molar refractivity (Wildman–Crippen MR) is 84.2 cm³/mol. The average Bonchev–Trinajstić information content (AvgIpc) is 3.02. The molecule has 1 aliphatic rings. The number of nitrogens with one attached hydrogen (secondary N) is 3. The number of aromatic nitrogens is 4. The third kappa shape index (κ3) is 2.96. The van der Waals surface area contributed by atoms with Gasteiger partial charge in [0.25, 0.3) is 5.91 Å². The smallest absolute Gasteiger partial charge is 0.295 e. The van der Waals surface area contributed by atoms with Crippen LogP contribution >= 0.6 is 11.3 Å². The number of rotatable bonds is 2. The van der Waals surface area contributed by atoms with Crippen molar-refractivity contribution in [1.82, 2.24) is 20.2 Å². The highest BCUT2D eigenvalue weighted by molar-refractivity contribution is 7.15. The molecule has 118 valence electrons. The van der Waals surface area contributed by atoms with Gasteiger partial charge in [-0.05, 0) is 30.6 Å². The van der Waals surface area contributed by atoms with Crippen molar-refractivity contribution in [2.75, 3.05) is 5.32 Å². The molecule has 0 saturated carbocycles. The molecule has 2 aromatic heterocycles. The van der Waals surface area contributed by atoms with Gasteiger partial charge in [-0.25, -0.2) is 14.9 Å². The molecular formula is C14H19N5O2S. The van der Waals surface area contributed by atoms with E-state index in [1.165, 1.54) is 16.2 Å². The number of hydrogen-bond acceptors (Lipinski definition) is 5. The molecule has 0 saturated heterocycles. The van der Waals surface area contributed by atoms with E-state index in [-0.39, 0.29) is 11.2 Å². The lowest BCUT2D eigenvalue weighted by Crippen LogP contribution is -2.26. The number of amides is 1.